The summed E-state index contributed by atoms with van der Waals surface area (Å²) < 4.78 is 26.5. The van der Waals surface area contributed by atoms with Crippen molar-refractivity contribution in [3.63, 3.8) is 0 Å². The highest BCUT2D eigenvalue weighted by atomic mass is 31.2. The number of carboxylic acids is 1. The highest BCUT2D eigenvalue weighted by Crippen LogP contribution is 2.44. The number of rotatable bonds is 14. The minimum Gasteiger partial charge on any atom is -0.479 e. The molecule has 40 heavy (non-hydrogen) atoms. The largest absolute Gasteiger partial charge is 0.479 e. The van der Waals surface area contributed by atoms with E-state index >= 15 is 0 Å². The number of aromatic nitrogens is 5. The topological polar surface area (TPSA) is 246 Å². The molecule has 0 saturated carbocycles. The molecule has 0 aromatic carbocycles. The van der Waals surface area contributed by atoms with Crippen molar-refractivity contribution in [2.45, 2.75) is 96.5 Å². The van der Waals surface area contributed by atoms with Crippen molar-refractivity contribution in [1.29, 1.82) is 0 Å². The first kappa shape index (κ1) is 31.7. The van der Waals surface area contributed by atoms with Gasteiger partial charge in [0.25, 0.3) is 13.0 Å². The van der Waals surface area contributed by atoms with E-state index in [4.69, 9.17) is 15.2 Å². The number of nitrogens with zero attached hydrogens (tertiary/aromatic N) is 5. The molecule has 224 valence electrons. The number of hydrogen-bond acceptors (Lipinski definition) is 11. The van der Waals surface area contributed by atoms with Gasteiger partial charge in [-0.15, -0.1) is 5.10 Å². The van der Waals surface area contributed by atoms with Gasteiger partial charge in [-0.2, -0.15) is 9.78 Å². The Morgan fingerprint density at radius 3 is 2.33 bits per heavy atom. The van der Waals surface area contributed by atoms with Gasteiger partial charge in [0.2, 0.25) is 11.8 Å². The molecule has 5 atom stereocenters. The number of aliphatic hydroxyl groups excluding tert-OH is 2. The van der Waals surface area contributed by atoms with Crippen molar-refractivity contribution in [1.82, 2.24) is 34.9 Å². The van der Waals surface area contributed by atoms with Crippen LogP contribution in [0.3, 0.4) is 0 Å². The van der Waals surface area contributed by atoms with Crippen molar-refractivity contribution in [2.75, 3.05) is 6.61 Å². The van der Waals surface area contributed by atoms with Crippen LogP contribution in [0.25, 0.3) is 11.0 Å². The fourth-order valence-electron chi connectivity index (χ4n) is 4.42. The second-order valence-corrected chi connectivity index (χ2v) is 12.5. The third-order valence-corrected chi connectivity index (χ3v) is 8.71. The lowest BCUT2D eigenvalue weighted by Crippen LogP contribution is -2.43. The number of fused-ring (bicyclic) bond motifs is 1. The predicted octanol–water partition coefficient (Wildman–Crippen LogP) is -1.34. The molecular formula is C22H37N8O9P. The van der Waals surface area contributed by atoms with E-state index in [9.17, 15) is 34.3 Å². The minimum atomic E-state index is -3.87. The van der Waals surface area contributed by atoms with Crippen LogP contribution in [0.1, 0.15) is 53.0 Å². The summed E-state index contributed by atoms with van der Waals surface area (Å²) in [7, 11) is -3.87. The number of aliphatic carboxylic acids is 1. The fourth-order valence-corrected chi connectivity index (χ4v) is 6.91. The molecule has 1 amide bonds. The van der Waals surface area contributed by atoms with E-state index in [0.717, 1.165) is 4.68 Å². The lowest BCUT2D eigenvalue weighted by atomic mass is 10.1. The Balaban J connectivity index is 1.90. The van der Waals surface area contributed by atoms with E-state index in [2.05, 4.69) is 25.6 Å². The zero-order valence-corrected chi connectivity index (χ0v) is 23.8. The molecule has 0 aliphatic carbocycles. The summed E-state index contributed by atoms with van der Waals surface area (Å²) in [4.78, 5) is 37.0. The van der Waals surface area contributed by atoms with Gasteiger partial charge in [-0.3, -0.25) is 14.2 Å². The Labute approximate surface area is 229 Å². The molecule has 1 saturated heterocycles. The Kier molecular flexibility index (Phi) is 10.2. The van der Waals surface area contributed by atoms with Crippen molar-refractivity contribution >= 4 is 30.4 Å². The average molecular weight is 589 g/mol. The Hall–Kier alpha value is -2.79. The summed E-state index contributed by atoms with van der Waals surface area (Å²) in [6, 6.07) is -0.716. The quantitative estimate of drug-likeness (QED) is 0.140. The van der Waals surface area contributed by atoms with E-state index in [1.165, 1.54) is 0 Å². The summed E-state index contributed by atoms with van der Waals surface area (Å²) in [5.41, 5.74) is 5.00. The van der Waals surface area contributed by atoms with E-state index in [1.54, 1.807) is 27.7 Å². The maximum Gasteiger partial charge on any atom is 0.343 e. The molecule has 18 heteroatoms. The lowest BCUT2D eigenvalue weighted by molar-refractivity contribution is -0.148. The smallest absolute Gasteiger partial charge is 0.343 e. The molecule has 1 fully saturated rings. The highest BCUT2D eigenvalue weighted by Gasteiger charge is 2.47. The van der Waals surface area contributed by atoms with Crippen molar-refractivity contribution < 1.29 is 38.9 Å². The number of carbonyl (C=O) groups is 2. The molecule has 0 spiro atoms. The monoisotopic (exact) mass is 588 g/mol. The van der Waals surface area contributed by atoms with Crippen LogP contribution in [0.5, 0.6) is 0 Å². The third-order valence-electron chi connectivity index (χ3n) is 5.88. The average Bonchev–Trinajstić information content (AvgIpc) is 3.30. The van der Waals surface area contributed by atoms with Crippen molar-refractivity contribution in [2.24, 2.45) is 5.73 Å². The Morgan fingerprint density at radius 1 is 1.18 bits per heavy atom. The summed E-state index contributed by atoms with van der Waals surface area (Å²) in [5, 5.41) is 48.8. The number of hydrogen-bond donors (Lipinski definition) is 6. The maximum absolute atomic E-state index is 13.6. The molecule has 1 aliphatic rings. The molecule has 2 aromatic rings. The lowest BCUT2D eigenvalue weighted by Gasteiger charge is -2.30. The van der Waals surface area contributed by atoms with Crippen LogP contribution in [-0.2, 0) is 36.6 Å². The zero-order chi connectivity index (χ0) is 29.9. The Bertz CT molecular complexity index is 1320. The first-order chi connectivity index (χ1) is 18.7. The van der Waals surface area contributed by atoms with Crippen molar-refractivity contribution in [3.05, 3.63) is 16.0 Å². The number of nitrogens with one attached hydrogen (secondary N) is 2. The van der Waals surface area contributed by atoms with Crippen LogP contribution in [0.4, 0.5) is 0 Å². The molecular weight excluding hydrogens is 551 g/mol. The first-order valence-corrected chi connectivity index (χ1v) is 14.6. The molecule has 5 unspecified atom stereocenters. The predicted molar refractivity (Wildman–Crippen MR) is 140 cm³/mol. The van der Waals surface area contributed by atoms with E-state index in [0.29, 0.717) is 23.2 Å². The van der Waals surface area contributed by atoms with E-state index in [-0.39, 0.29) is 23.1 Å². The minimum absolute atomic E-state index is 0.0892. The van der Waals surface area contributed by atoms with Gasteiger partial charge in [-0.05, 0) is 34.1 Å². The van der Waals surface area contributed by atoms with Crippen LogP contribution in [0, 0.1) is 0 Å². The molecule has 0 bridgehead atoms. The number of amides is 1. The number of primary amides is 1. The normalized spacial score (nSPS) is 22.4. The second-order valence-electron chi connectivity index (χ2n) is 10.2. The van der Waals surface area contributed by atoms with Gasteiger partial charge < -0.3 is 30.5 Å². The molecule has 2 aromatic heterocycles. The summed E-state index contributed by atoms with van der Waals surface area (Å²) in [5.74, 6) is -4.13. The zero-order valence-electron chi connectivity index (χ0n) is 22.9. The van der Waals surface area contributed by atoms with Gasteiger partial charge in [0.05, 0.1) is 12.3 Å². The number of aryl methyl sites for hydroxylation is 1. The summed E-state index contributed by atoms with van der Waals surface area (Å²) >= 11 is 0. The molecule has 3 rings (SSSR count). The molecule has 7 N–H and O–H groups in total. The van der Waals surface area contributed by atoms with Crippen LogP contribution in [0.2, 0.25) is 0 Å². The van der Waals surface area contributed by atoms with Gasteiger partial charge in [0.15, 0.2) is 11.7 Å². The van der Waals surface area contributed by atoms with Gasteiger partial charge in [0.1, 0.15) is 30.4 Å². The first-order valence-electron chi connectivity index (χ1n) is 12.8. The van der Waals surface area contributed by atoms with Gasteiger partial charge >= 0.3 is 5.97 Å². The third kappa shape index (κ3) is 6.74. The van der Waals surface area contributed by atoms with E-state index in [1.807, 2.05) is 6.92 Å². The van der Waals surface area contributed by atoms with Crippen LogP contribution >= 0.6 is 7.44 Å². The van der Waals surface area contributed by atoms with Gasteiger partial charge in [0, 0.05) is 12.1 Å². The SMILES string of the molecule is CCCc1nn(CC(N)=O)c2c(=O)n(C3OC(COC(C(=O)O)P(=O)(NC(C)C)NC(C)C)C(O)C3O)nnc12. The number of aliphatic hydroxyl groups is 2. The van der Waals surface area contributed by atoms with Crippen molar-refractivity contribution in [3.8, 4) is 0 Å². The number of nitrogens with two attached hydrogens (primary N) is 1. The number of carbonyl (C=O) groups excluding carboxylic acids is 1. The van der Waals surface area contributed by atoms with Crippen LogP contribution in [0.15, 0.2) is 4.79 Å². The molecule has 1 aliphatic heterocycles. The highest BCUT2D eigenvalue weighted by molar-refractivity contribution is 7.61. The number of ether oxygens (including phenoxy) is 2. The van der Waals surface area contributed by atoms with Gasteiger partial charge in [-0.1, -0.05) is 18.6 Å². The second kappa shape index (κ2) is 12.8. The molecule has 0 radical (unpaired) electrons. The standard InChI is InChI=1S/C22H37N8O9P/c1-6-7-12-15-16(29(25-12)8-14(23)31)19(34)30(28-24-15)20-18(33)17(32)13(39-20)9-38-22(21(35)36)40(37,26-10(2)3)27-11(4)5/h10-11,13,17-18,20,22,32-33H,6-9H2,1-5H3,(H2,23,31)(H,35,36)(H2,26,27,37). The maximum atomic E-state index is 13.6. The van der Waals surface area contributed by atoms with E-state index < -0.39 is 68.4 Å². The fraction of sp³-hybridized carbons (Fsp3) is 0.727. The molecule has 3 heterocycles. The Morgan fingerprint density at radius 2 is 1.80 bits per heavy atom. The molecule has 17 nitrogen and oxygen atoms in total. The van der Waals surface area contributed by atoms with Gasteiger partial charge in [-0.25, -0.2) is 19.7 Å². The summed E-state index contributed by atoms with van der Waals surface area (Å²) in [6.45, 7) is 7.65. The number of carboxylic acid groups (broad SMARTS) is 1. The van der Waals surface area contributed by atoms with Crippen LogP contribution < -0.4 is 21.5 Å². The van der Waals surface area contributed by atoms with Crippen LogP contribution in [-0.4, -0.2) is 94.8 Å². The summed E-state index contributed by atoms with van der Waals surface area (Å²) in [6.07, 6.45) is -5.08.